The molecule has 0 radical (unpaired) electrons. The van der Waals surface area contributed by atoms with Gasteiger partial charge in [-0.15, -0.1) is 0 Å². The predicted octanol–water partition coefficient (Wildman–Crippen LogP) is 0.662. The van der Waals surface area contributed by atoms with Gasteiger partial charge in [-0.05, 0) is 31.5 Å². The van der Waals surface area contributed by atoms with Crippen LogP contribution in [0, 0.1) is 0 Å². The molecular formula is C16H21N5O2. The highest BCUT2D eigenvalue weighted by molar-refractivity contribution is 5.71. The molecule has 0 aliphatic carbocycles. The van der Waals surface area contributed by atoms with Crippen LogP contribution < -0.4 is 5.32 Å². The van der Waals surface area contributed by atoms with Crippen LogP contribution in [0.15, 0.2) is 24.5 Å². The van der Waals surface area contributed by atoms with Crippen molar-refractivity contribution >= 4 is 17.0 Å². The van der Waals surface area contributed by atoms with E-state index in [9.17, 15) is 5.11 Å². The summed E-state index contributed by atoms with van der Waals surface area (Å²) in [5, 5.41) is 13.4. The second-order valence-electron chi connectivity index (χ2n) is 6.34. The van der Waals surface area contributed by atoms with Crippen LogP contribution in [0.25, 0.3) is 11.2 Å². The van der Waals surface area contributed by atoms with Crippen molar-refractivity contribution in [3.05, 3.63) is 24.5 Å². The lowest BCUT2D eigenvalue weighted by molar-refractivity contribution is -0.101. The summed E-state index contributed by atoms with van der Waals surface area (Å²) in [5.74, 6) is 0.743. The van der Waals surface area contributed by atoms with Gasteiger partial charge in [0.05, 0.1) is 25.4 Å². The van der Waals surface area contributed by atoms with Crippen LogP contribution in [0.2, 0.25) is 0 Å². The van der Waals surface area contributed by atoms with Crippen LogP contribution >= 0.6 is 0 Å². The van der Waals surface area contributed by atoms with Crippen LogP contribution in [0.4, 0.5) is 5.82 Å². The molecular weight excluding hydrogens is 294 g/mol. The first kappa shape index (κ1) is 14.7. The zero-order chi connectivity index (χ0) is 15.7. The molecule has 0 bridgehead atoms. The monoisotopic (exact) mass is 315 g/mol. The summed E-state index contributed by atoms with van der Waals surface area (Å²) in [6.07, 6.45) is 5.61. The fraction of sp³-hybridized carbons (Fsp3) is 0.562. The van der Waals surface area contributed by atoms with Gasteiger partial charge in [0, 0.05) is 25.0 Å². The Kier molecular flexibility index (Phi) is 3.84. The summed E-state index contributed by atoms with van der Waals surface area (Å²) < 4.78 is 5.76. The van der Waals surface area contributed by atoms with Crippen molar-refractivity contribution in [2.45, 2.75) is 24.4 Å². The molecule has 4 heterocycles. The third kappa shape index (κ3) is 2.65. The lowest BCUT2D eigenvalue weighted by Crippen LogP contribution is -2.64. The maximum atomic E-state index is 10.0. The molecule has 2 aliphatic rings. The van der Waals surface area contributed by atoms with E-state index in [1.54, 1.807) is 12.4 Å². The van der Waals surface area contributed by atoms with E-state index in [4.69, 9.17) is 4.74 Å². The van der Waals surface area contributed by atoms with Crippen molar-refractivity contribution in [1.82, 2.24) is 19.9 Å². The first-order valence-corrected chi connectivity index (χ1v) is 8.08. The molecule has 2 saturated heterocycles. The highest BCUT2D eigenvalue weighted by Gasteiger charge is 2.45. The number of rotatable bonds is 4. The van der Waals surface area contributed by atoms with Crippen molar-refractivity contribution < 1.29 is 9.84 Å². The smallest absolute Gasteiger partial charge is 0.180 e. The number of anilines is 1. The van der Waals surface area contributed by atoms with E-state index < -0.39 is 0 Å². The largest absolute Gasteiger partial charge is 0.394 e. The first-order chi connectivity index (χ1) is 11.3. The molecule has 2 aromatic rings. The lowest BCUT2D eigenvalue weighted by atomic mass is 9.96. The van der Waals surface area contributed by atoms with E-state index in [2.05, 4.69) is 25.2 Å². The Morgan fingerprint density at radius 2 is 2.26 bits per heavy atom. The van der Waals surface area contributed by atoms with Gasteiger partial charge in [0.1, 0.15) is 11.3 Å². The van der Waals surface area contributed by atoms with Crippen LogP contribution in [0.5, 0.6) is 0 Å². The van der Waals surface area contributed by atoms with Crippen LogP contribution in [-0.4, -0.2) is 69.4 Å². The summed E-state index contributed by atoms with van der Waals surface area (Å²) in [6, 6.07) is 4.22. The third-order valence-electron chi connectivity index (χ3n) is 4.89. The molecule has 0 spiro atoms. The summed E-state index contributed by atoms with van der Waals surface area (Å²) in [7, 11) is 0. The third-order valence-corrected chi connectivity index (χ3v) is 4.89. The molecule has 2 atom stereocenters. The quantitative estimate of drug-likeness (QED) is 0.857. The fourth-order valence-corrected chi connectivity index (χ4v) is 3.65. The van der Waals surface area contributed by atoms with Gasteiger partial charge in [0.2, 0.25) is 0 Å². The predicted molar refractivity (Wildman–Crippen MR) is 86.2 cm³/mol. The van der Waals surface area contributed by atoms with Gasteiger partial charge < -0.3 is 15.2 Å². The van der Waals surface area contributed by atoms with Crippen molar-refractivity contribution in [1.29, 1.82) is 0 Å². The number of aromatic nitrogens is 3. The summed E-state index contributed by atoms with van der Waals surface area (Å²) in [6.45, 7) is 3.00. The van der Waals surface area contributed by atoms with Crippen molar-refractivity contribution in [2.24, 2.45) is 0 Å². The first-order valence-electron chi connectivity index (χ1n) is 8.08. The molecule has 7 heteroatoms. The van der Waals surface area contributed by atoms with Crippen molar-refractivity contribution in [2.75, 3.05) is 38.2 Å². The van der Waals surface area contributed by atoms with Crippen molar-refractivity contribution in [3.8, 4) is 0 Å². The normalized spacial score (nSPS) is 28.0. The molecule has 0 amide bonds. The molecule has 122 valence electrons. The van der Waals surface area contributed by atoms with E-state index in [0.717, 1.165) is 30.9 Å². The zero-order valence-electron chi connectivity index (χ0n) is 13.0. The number of pyridine rings is 1. The minimum Gasteiger partial charge on any atom is -0.394 e. The molecule has 0 unspecified atom stereocenters. The number of aliphatic hydroxyl groups excluding tert-OH is 1. The molecule has 7 nitrogen and oxygen atoms in total. The molecule has 23 heavy (non-hydrogen) atoms. The average molecular weight is 315 g/mol. The second kappa shape index (κ2) is 5.99. The Bertz CT molecular complexity index is 697. The topological polar surface area (TPSA) is 83.4 Å². The Hall–Kier alpha value is -1.83. The number of nitrogens with zero attached hydrogens (tertiary/aromatic N) is 4. The SMILES string of the molecule is OC[C@]1(CNc2ccc3nccnc3n2)COC[C@@H]2CCCN21. The van der Waals surface area contributed by atoms with E-state index in [0.29, 0.717) is 24.8 Å². The van der Waals surface area contributed by atoms with Gasteiger partial charge in [-0.25, -0.2) is 9.97 Å². The number of hydrogen-bond donors (Lipinski definition) is 2. The van der Waals surface area contributed by atoms with E-state index >= 15 is 0 Å². The summed E-state index contributed by atoms with van der Waals surface area (Å²) >= 11 is 0. The van der Waals surface area contributed by atoms with Crippen LogP contribution in [0.1, 0.15) is 12.8 Å². The average Bonchev–Trinajstić information content (AvgIpc) is 3.09. The standard InChI is InChI=1S/C16H21N5O2/c22-10-16(11-23-8-12-2-1-7-21(12)16)9-19-14-4-3-13-15(20-14)18-6-5-17-13/h3-6,12,22H,1-2,7-11H2,(H,18,19,20)/t12-,16+/m0/s1. The van der Waals surface area contributed by atoms with Gasteiger partial charge in [-0.3, -0.25) is 9.88 Å². The Balaban J connectivity index is 1.53. The van der Waals surface area contributed by atoms with Gasteiger partial charge in [-0.2, -0.15) is 0 Å². The van der Waals surface area contributed by atoms with E-state index in [-0.39, 0.29) is 12.1 Å². The molecule has 2 aliphatic heterocycles. The molecule has 4 rings (SSSR count). The number of nitrogens with one attached hydrogen (secondary N) is 1. The Morgan fingerprint density at radius 3 is 3.17 bits per heavy atom. The van der Waals surface area contributed by atoms with Crippen molar-refractivity contribution in [3.63, 3.8) is 0 Å². The number of morpholine rings is 1. The Morgan fingerprint density at radius 1 is 1.35 bits per heavy atom. The van der Waals surface area contributed by atoms with E-state index in [1.165, 1.54) is 6.42 Å². The van der Waals surface area contributed by atoms with Crippen LogP contribution in [-0.2, 0) is 4.74 Å². The number of ether oxygens (including phenoxy) is 1. The lowest BCUT2D eigenvalue weighted by Gasteiger charge is -2.47. The van der Waals surface area contributed by atoms with Gasteiger partial charge in [0.15, 0.2) is 5.65 Å². The molecule has 2 fully saturated rings. The second-order valence-corrected chi connectivity index (χ2v) is 6.34. The van der Waals surface area contributed by atoms with E-state index in [1.807, 2.05) is 12.1 Å². The zero-order valence-corrected chi connectivity index (χ0v) is 13.0. The molecule has 0 aromatic carbocycles. The van der Waals surface area contributed by atoms with Crippen LogP contribution in [0.3, 0.4) is 0 Å². The number of hydrogen-bond acceptors (Lipinski definition) is 7. The summed E-state index contributed by atoms with van der Waals surface area (Å²) in [5.41, 5.74) is 1.02. The Labute approximate surface area is 134 Å². The molecule has 2 N–H and O–H groups in total. The highest BCUT2D eigenvalue weighted by Crippen LogP contribution is 2.31. The number of aliphatic hydroxyl groups is 1. The maximum Gasteiger partial charge on any atom is 0.180 e. The van der Waals surface area contributed by atoms with Gasteiger partial charge in [0.25, 0.3) is 0 Å². The minimum atomic E-state index is -0.377. The highest BCUT2D eigenvalue weighted by atomic mass is 16.5. The van der Waals surface area contributed by atoms with Gasteiger partial charge >= 0.3 is 0 Å². The summed E-state index contributed by atoms with van der Waals surface area (Å²) in [4.78, 5) is 15.3. The maximum absolute atomic E-state index is 10.0. The van der Waals surface area contributed by atoms with Gasteiger partial charge in [-0.1, -0.05) is 0 Å². The molecule has 0 saturated carbocycles. The molecule has 2 aromatic heterocycles. The number of fused-ring (bicyclic) bond motifs is 2. The minimum absolute atomic E-state index is 0.0733. The fourth-order valence-electron chi connectivity index (χ4n) is 3.65.